The summed E-state index contributed by atoms with van der Waals surface area (Å²) in [4.78, 5) is 10.8. The second-order valence-electron chi connectivity index (χ2n) is 7.70. The van der Waals surface area contributed by atoms with E-state index in [1.54, 1.807) is 19.3 Å². The second-order valence-corrected chi connectivity index (χ2v) is 9.67. The maximum atomic E-state index is 12.6. The molecule has 0 aromatic carbocycles. The maximum Gasteiger partial charge on any atom is 0.220 e. The summed E-state index contributed by atoms with van der Waals surface area (Å²) >= 11 is 0. The van der Waals surface area contributed by atoms with Crippen molar-refractivity contribution in [2.24, 2.45) is 10.9 Å². The number of nitrogens with zero attached hydrogens (tertiary/aromatic N) is 5. The summed E-state index contributed by atoms with van der Waals surface area (Å²) in [5, 5.41) is 7.17. The zero-order valence-corrected chi connectivity index (χ0v) is 18.5. The predicted molar refractivity (Wildman–Crippen MR) is 115 cm³/mol. The third-order valence-electron chi connectivity index (χ3n) is 5.36. The van der Waals surface area contributed by atoms with Gasteiger partial charge in [-0.2, -0.15) is 4.31 Å². The molecule has 0 saturated carbocycles. The number of piperazine rings is 1. The Morgan fingerprint density at radius 2 is 2.03 bits per heavy atom. The van der Waals surface area contributed by atoms with Gasteiger partial charge in [-0.05, 0) is 17.5 Å². The third-order valence-corrected chi connectivity index (χ3v) is 7.17. The van der Waals surface area contributed by atoms with Crippen molar-refractivity contribution >= 4 is 16.0 Å². The first-order valence-corrected chi connectivity index (χ1v) is 11.7. The molecule has 0 bridgehead atoms. The third kappa shape index (κ3) is 5.57. The predicted octanol–water partition coefficient (Wildman–Crippen LogP) is 1.53. The summed E-state index contributed by atoms with van der Waals surface area (Å²) in [6.07, 6.45) is 5.07. The van der Waals surface area contributed by atoms with E-state index in [9.17, 15) is 8.42 Å². The first kappa shape index (κ1) is 22.2. The van der Waals surface area contributed by atoms with E-state index in [1.165, 1.54) is 16.1 Å². The fourth-order valence-corrected chi connectivity index (χ4v) is 5.06. The molecule has 3 rings (SSSR count). The van der Waals surface area contributed by atoms with Gasteiger partial charge in [-0.3, -0.25) is 9.98 Å². The highest BCUT2D eigenvalue weighted by atomic mass is 32.2. The molecule has 1 aliphatic heterocycles. The van der Waals surface area contributed by atoms with E-state index in [2.05, 4.69) is 45.3 Å². The summed E-state index contributed by atoms with van der Waals surface area (Å²) in [6.45, 7) is 7.12. The SMILES string of the molecule is CN=C(NCC(c1cccnc1)C(C)C)N1CCN(S(=O)(=O)Cc2ccon2)CC1. The van der Waals surface area contributed by atoms with Crippen molar-refractivity contribution in [2.45, 2.75) is 25.5 Å². The van der Waals surface area contributed by atoms with E-state index < -0.39 is 10.0 Å². The van der Waals surface area contributed by atoms with Crippen LogP contribution in [0.25, 0.3) is 0 Å². The van der Waals surface area contributed by atoms with Gasteiger partial charge in [-0.1, -0.05) is 25.1 Å². The maximum absolute atomic E-state index is 12.6. The Morgan fingerprint density at radius 1 is 1.27 bits per heavy atom. The standard InChI is InChI=1S/C20H30N6O3S/c1-16(2)19(17-5-4-7-22-13-17)14-23-20(21-3)25-8-10-26(11-9-25)30(27,28)15-18-6-12-29-24-18/h4-7,12-13,16,19H,8-11,14-15H2,1-3H3,(H,21,23). The second kappa shape index (κ2) is 10.0. The van der Waals surface area contributed by atoms with Crippen LogP contribution in [0.15, 0.2) is 46.4 Å². The van der Waals surface area contributed by atoms with E-state index in [-0.39, 0.29) is 5.75 Å². The molecule has 9 nitrogen and oxygen atoms in total. The molecular formula is C20H30N6O3S. The van der Waals surface area contributed by atoms with Crippen LogP contribution in [-0.4, -0.2) is 73.5 Å². The first-order chi connectivity index (χ1) is 14.4. The average molecular weight is 435 g/mol. The fraction of sp³-hybridized carbons (Fsp3) is 0.550. The van der Waals surface area contributed by atoms with Crippen LogP contribution in [0.1, 0.15) is 31.0 Å². The van der Waals surface area contributed by atoms with E-state index >= 15 is 0 Å². The number of pyridine rings is 1. The Kier molecular flexibility index (Phi) is 7.43. The van der Waals surface area contributed by atoms with Gasteiger partial charge in [0.15, 0.2) is 5.96 Å². The van der Waals surface area contributed by atoms with E-state index in [0.717, 1.165) is 12.5 Å². The Balaban J connectivity index is 1.56. The van der Waals surface area contributed by atoms with E-state index in [0.29, 0.717) is 43.7 Å². The van der Waals surface area contributed by atoms with Crippen LogP contribution in [0.4, 0.5) is 0 Å². The smallest absolute Gasteiger partial charge is 0.220 e. The van der Waals surface area contributed by atoms with E-state index in [1.807, 2.05) is 12.3 Å². The van der Waals surface area contributed by atoms with Crippen molar-refractivity contribution in [3.63, 3.8) is 0 Å². The van der Waals surface area contributed by atoms with Gasteiger partial charge < -0.3 is 14.7 Å². The molecule has 1 N–H and O–H groups in total. The molecule has 1 saturated heterocycles. The minimum absolute atomic E-state index is 0.141. The number of nitrogens with one attached hydrogen (secondary N) is 1. The molecule has 0 aliphatic carbocycles. The molecule has 1 unspecified atom stereocenters. The number of sulfonamides is 1. The van der Waals surface area contributed by atoms with Crippen LogP contribution in [0.3, 0.4) is 0 Å². The Hall–Kier alpha value is -2.46. The molecular weight excluding hydrogens is 404 g/mol. The van der Waals surface area contributed by atoms with Crippen molar-refractivity contribution in [1.82, 2.24) is 24.7 Å². The number of hydrogen-bond acceptors (Lipinski definition) is 6. The first-order valence-electron chi connectivity index (χ1n) is 10.1. The molecule has 2 aromatic rings. The Morgan fingerprint density at radius 3 is 2.60 bits per heavy atom. The van der Waals surface area contributed by atoms with Crippen LogP contribution < -0.4 is 5.32 Å². The number of aromatic nitrogens is 2. The molecule has 30 heavy (non-hydrogen) atoms. The Labute approximate surface area is 178 Å². The van der Waals surface area contributed by atoms with Gasteiger partial charge in [-0.25, -0.2) is 8.42 Å². The van der Waals surface area contributed by atoms with E-state index in [4.69, 9.17) is 4.52 Å². The molecule has 2 aromatic heterocycles. The zero-order chi connectivity index (χ0) is 21.6. The summed E-state index contributed by atoms with van der Waals surface area (Å²) in [5.41, 5.74) is 1.62. The van der Waals surface area contributed by atoms with Gasteiger partial charge in [0, 0.05) is 64.1 Å². The van der Waals surface area contributed by atoms with Crippen LogP contribution in [0, 0.1) is 5.92 Å². The normalized spacial score (nSPS) is 17.3. The summed E-state index contributed by atoms with van der Waals surface area (Å²) in [5.74, 6) is 1.40. The minimum atomic E-state index is -3.42. The van der Waals surface area contributed by atoms with Crippen LogP contribution in [0.5, 0.6) is 0 Å². The van der Waals surface area contributed by atoms with Gasteiger partial charge in [0.1, 0.15) is 12.0 Å². The fourth-order valence-electron chi connectivity index (χ4n) is 3.64. The van der Waals surface area contributed by atoms with Crippen molar-refractivity contribution in [2.75, 3.05) is 39.8 Å². The van der Waals surface area contributed by atoms with Crippen molar-refractivity contribution in [3.05, 3.63) is 48.1 Å². The highest BCUT2D eigenvalue weighted by molar-refractivity contribution is 7.88. The number of rotatable bonds is 7. The van der Waals surface area contributed by atoms with Crippen LogP contribution >= 0.6 is 0 Å². The van der Waals surface area contributed by atoms with Gasteiger partial charge in [0.2, 0.25) is 10.0 Å². The summed E-state index contributed by atoms with van der Waals surface area (Å²) in [7, 11) is -1.66. The van der Waals surface area contributed by atoms with Gasteiger partial charge >= 0.3 is 0 Å². The summed E-state index contributed by atoms with van der Waals surface area (Å²) < 4.78 is 31.5. The van der Waals surface area contributed by atoms with Gasteiger partial charge in [-0.15, -0.1) is 0 Å². The molecule has 0 radical (unpaired) electrons. The molecule has 1 fully saturated rings. The number of guanidine groups is 1. The molecule has 164 valence electrons. The highest BCUT2D eigenvalue weighted by Crippen LogP contribution is 2.23. The number of aliphatic imine (C=N–C) groups is 1. The molecule has 0 spiro atoms. The van der Waals surface area contributed by atoms with Crippen molar-refractivity contribution in [1.29, 1.82) is 0 Å². The lowest BCUT2D eigenvalue weighted by Crippen LogP contribution is -2.54. The van der Waals surface area contributed by atoms with Gasteiger partial charge in [0.25, 0.3) is 0 Å². The highest BCUT2D eigenvalue weighted by Gasteiger charge is 2.29. The largest absolute Gasteiger partial charge is 0.364 e. The van der Waals surface area contributed by atoms with Crippen LogP contribution in [0.2, 0.25) is 0 Å². The monoisotopic (exact) mass is 434 g/mol. The zero-order valence-electron chi connectivity index (χ0n) is 17.7. The molecule has 10 heteroatoms. The minimum Gasteiger partial charge on any atom is -0.364 e. The molecule has 3 heterocycles. The average Bonchev–Trinajstić information content (AvgIpc) is 3.24. The topological polar surface area (TPSA) is 104 Å². The molecule has 1 atom stereocenters. The lowest BCUT2D eigenvalue weighted by atomic mass is 9.89. The lowest BCUT2D eigenvalue weighted by Gasteiger charge is -2.36. The van der Waals surface area contributed by atoms with Crippen LogP contribution in [-0.2, 0) is 15.8 Å². The number of hydrogen-bond donors (Lipinski definition) is 1. The summed E-state index contributed by atoms with van der Waals surface area (Å²) in [6, 6.07) is 5.63. The molecule has 0 amide bonds. The molecule has 1 aliphatic rings. The Bertz CT molecular complexity index is 907. The quantitative estimate of drug-likeness (QED) is 0.521. The lowest BCUT2D eigenvalue weighted by molar-refractivity contribution is 0.259. The van der Waals surface area contributed by atoms with Crippen molar-refractivity contribution < 1.29 is 12.9 Å². The van der Waals surface area contributed by atoms with Gasteiger partial charge in [0.05, 0.1) is 5.69 Å². The van der Waals surface area contributed by atoms with Crippen molar-refractivity contribution in [3.8, 4) is 0 Å².